The van der Waals surface area contributed by atoms with E-state index in [1.807, 2.05) is 0 Å². The van der Waals surface area contributed by atoms with Gasteiger partial charge in [0, 0.05) is 5.56 Å². The van der Waals surface area contributed by atoms with Gasteiger partial charge in [0.1, 0.15) is 5.69 Å². The molecule has 1 aliphatic carbocycles. The fourth-order valence-corrected chi connectivity index (χ4v) is 8.84. The van der Waals surface area contributed by atoms with Crippen molar-refractivity contribution in [2.75, 3.05) is 0 Å². The molecule has 0 amide bonds. The van der Waals surface area contributed by atoms with Gasteiger partial charge in [-0.05, 0) is 79.9 Å². The molecule has 2 aliphatic rings. The molecule has 3 heterocycles. The summed E-state index contributed by atoms with van der Waals surface area (Å²) in [6.07, 6.45) is 0. The largest absolute Gasteiger partial charge is 0.290 e. The van der Waals surface area contributed by atoms with Crippen LogP contribution in [0, 0.1) is 0 Å². The number of hydrogen-bond donors (Lipinski definition) is 0. The lowest BCUT2D eigenvalue weighted by molar-refractivity contribution is 0.745. The zero-order valence-electron chi connectivity index (χ0n) is 28.2. The van der Waals surface area contributed by atoms with Crippen LogP contribution in [0.4, 0.5) is 0 Å². The first-order valence-electron chi connectivity index (χ1n) is 17.8. The maximum absolute atomic E-state index is 5.44. The van der Waals surface area contributed by atoms with E-state index in [1.165, 1.54) is 44.5 Å². The van der Waals surface area contributed by atoms with Gasteiger partial charge in [0.25, 0.3) is 0 Å². The van der Waals surface area contributed by atoms with Crippen LogP contribution >= 0.6 is 0 Å². The number of fused-ring (bicyclic) bond motifs is 9. The second-order valence-electron chi connectivity index (χ2n) is 13.7. The lowest BCUT2D eigenvalue weighted by Gasteiger charge is -2.39. The first kappa shape index (κ1) is 28.9. The van der Waals surface area contributed by atoms with Crippen molar-refractivity contribution in [1.82, 2.24) is 14.5 Å². The van der Waals surface area contributed by atoms with Crippen LogP contribution in [-0.2, 0) is 5.41 Å². The number of para-hydroxylation sites is 2. The van der Waals surface area contributed by atoms with Gasteiger partial charge < -0.3 is 0 Å². The fourth-order valence-electron chi connectivity index (χ4n) is 8.84. The van der Waals surface area contributed by atoms with Gasteiger partial charge in [-0.25, -0.2) is 9.97 Å². The second kappa shape index (κ2) is 11.1. The third-order valence-electron chi connectivity index (χ3n) is 11.0. The minimum absolute atomic E-state index is 0.471. The molecular weight excluding hydrogens is 631 g/mol. The molecule has 0 atom stereocenters. The summed E-state index contributed by atoms with van der Waals surface area (Å²) in [5.74, 6) is 0.837. The summed E-state index contributed by atoms with van der Waals surface area (Å²) < 4.78 is 2.37. The molecule has 0 unspecified atom stereocenters. The standard InChI is InChI=1S/C49H31N3/c1-3-14-32(15-4-1)34-26-28-35(29-27-34)44-30-36(33-16-5-2-6-17-33)31-45(50-44)48-51-43-24-13-23-42-47(43)52(48)46-25-12-11-22-41(46)49(42)39-20-9-7-18-37(39)38-19-8-10-21-40(38)49/h1-31H. The number of hydrogen-bond acceptors (Lipinski definition) is 2. The van der Waals surface area contributed by atoms with Crippen LogP contribution in [0.3, 0.4) is 0 Å². The molecule has 2 aromatic heterocycles. The summed E-state index contributed by atoms with van der Waals surface area (Å²) in [5.41, 5.74) is 17.9. The molecule has 0 bridgehead atoms. The number of pyridine rings is 1. The van der Waals surface area contributed by atoms with Crippen molar-refractivity contribution in [2.24, 2.45) is 0 Å². The highest BCUT2D eigenvalue weighted by molar-refractivity contribution is 5.97. The van der Waals surface area contributed by atoms with E-state index < -0.39 is 5.41 Å². The van der Waals surface area contributed by atoms with Crippen LogP contribution in [0.2, 0.25) is 0 Å². The lowest BCUT2D eigenvalue weighted by atomic mass is 9.65. The first-order chi connectivity index (χ1) is 25.8. The van der Waals surface area contributed by atoms with Gasteiger partial charge in [-0.2, -0.15) is 0 Å². The molecule has 3 nitrogen and oxygen atoms in total. The van der Waals surface area contributed by atoms with E-state index in [9.17, 15) is 0 Å². The normalized spacial score (nSPS) is 13.2. The van der Waals surface area contributed by atoms with Crippen LogP contribution in [0.15, 0.2) is 188 Å². The molecule has 1 aliphatic heterocycles. The van der Waals surface area contributed by atoms with Gasteiger partial charge in [0.2, 0.25) is 0 Å². The molecule has 0 saturated carbocycles. The van der Waals surface area contributed by atoms with Gasteiger partial charge in [-0.15, -0.1) is 0 Å². The smallest absolute Gasteiger partial charge is 0.164 e. The molecule has 0 radical (unpaired) electrons. The van der Waals surface area contributed by atoms with E-state index in [-0.39, 0.29) is 0 Å². The summed E-state index contributed by atoms with van der Waals surface area (Å²) in [7, 11) is 0. The first-order valence-corrected chi connectivity index (χ1v) is 17.8. The minimum atomic E-state index is -0.471. The number of rotatable bonds is 4. The highest BCUT2D eigenvalue weighted by Crippen LogP contribution is 2.60. The van der Waals surface area contributed by atoms with Crippen LogP contribution in [0.5, 0.6) is 0 Å². The number of nitrogens with zero attached hydrogens (tertiary/aromatic N) is 3. The predicted molar refractivity (Wildman–Crippen MR) is 211 cm³/mol. The Bertz CT molecular complexity index is 2790. The van der Waals surface area contributed by atoms with Gasteiger partial charge in [0.05, 0.1) is 27.8 Å². The van der Waals surface area contributed by atoms with E-state index in [1.54, 1.807) is 0 Å². The van der Waals surface area contributed by atoms with E-state index in [0.29, 0.717) is 0 Å². The van der Waals surface area contributed by atoms with E-state index in [2.05, 4.69) is 193 Å². The zero-order chi connectivity index (χ0) is 34.2. The Balaban J connectivity index is 1.18. The minimum Gasteiger partial charge on any atom is -0.290 e. The summed E-state index contributed by atoms with van der Waals surface area (Å²) in [6.45, 7) is 0. The number of benzene rings is 7. The molecule has 9 aromatic rings. The van der Waals surface area contributed by atoms with Crippen LogP contribution in [0.1, 0.15) is 22.3 Å². The SMILES string of the molecule is c1ccc(-c2ccc(-c3cc(-c4ccccc4)cc(-c4nc5cccc6c5n4-c4ccccc4C64c5ccccc5-c5ccccc54)n3)cc2)cc1. The van der Waals surface area contributed by atoms with E-state index in [4.69, 9.17) is 9.97 Å². The summed E-state index contributed by atoms with van der Waals surface area (Å²) in [4.78, 5) is 10.9. The number of imidazole rings is 1. The molecule has 3 heteroatoms. The van der Waals surface area contributed by atoms with Crippen LogP contribution in [-0.4, -0.2) is 14.5 Å². The van der Waals surface area contributed by atoms with Crippen LogP contribution in [0.25, 0.3) is 72.9 Å². The second-order valence-corrected chi connectivity index (χ2v) is 13.7. The van der Waals surface area contributed by atoms with Crippen molar-refractivity contribution in [3.63, 3.8) is 0 Å². The summed E-state index contributed by atoms with van der Waals surface area (Å²) in [6, 6.07) is 67.6. The molecule has 242 valence electrons. The van der Waals surface area contributed by atoms with Gasteiger partial charge in [0.15, 0.2) is 5.82 Å². The van der Waals surface area contributed by atoms with Gasteiger partial charge in [-0.1, -0.05) is 164 Å². The Morgan fingerprint density at radius 1 is 0.365 bits per heavy atom. The third-order valence-corrected chi connectivity index (χ3v) is 11.0. The Labute approximate surface area is 302 Å². The fraction of sp³-hybridized carbons (Fsp3) is 0.0204. The summed E-state index contributed by atoms with van der Waals surface area (Å²) in [5, 5.41) is 0. The Kier molecular flexibility index (Phi) is 6.17. The van der Waals surface area contributed by atoms with Crippen molar-refractivity contribution in [3.8, 4) is 61.8 Å². The zero-order valence-corrected chi connectivity index (χ0v) is 28.2. The highest BCUT2D eigenvalue weighted by atomic mass is 15.1. The maximum atomic E-state index is 5.44. The van der Waals surface area contributed by atoms with E-state index >= 15 is 0 Å². The quantitative estimate of drug-likeness (QED) is 0.188. The molecule has 11 rings (SSSR count). The Morgan fingerprint density at radius 3 is 1.58 bits per heavy atom. The maximum Gasteiger partial charge on any atom is 0.164 e. The highest BCUT2D eigenvalue weighted by Gasteiger charge is 2.50. The molecule has 7 aromatic carbocycles. The molecule has 0 N–H and O–H groups in total. The van der Waals surface area contributed by atoms with Gasteiger partial charge >= 0.3 is 0 Å². The average Bonchev–Trinajstić information content (AvgIpc) is 3.76. The van der Waals surface area contributed by atoms with Crippen LogP contribution < -0.4 is 0 Å². The predicted octanol–water partition coefficient (Wildman–Crippen LogP) is 11.8. The number of aromatic nitrogens is 3. The van der Waals surface area contributed by atoms with Crippen molar-refractivity contribution >= 4 is 11.0 Å². The van der Waals surface area contributed by atoms with Crippen molar-refractivity contribution in [2.45, 2.75) is 5.41 Å². The molecular formula is C49H31N3. The van der Waals surface area contributed by atoms with Gasteiger partial charge in [-0.3, -0.25) is 4.57 Å². The lowest BCUT2D eigenvalue weighted by Crippen LogP contribution is -2.33. The molecule has 1 spiro atoms. The van der Waals surface area contributed by atoms with E-state index in [0.717, 1.165) is 50.6 Å². The average molecular weight is 662 g/mol. The molecule has 0 fully saturated rings. The van der Waals surface area contributed by atoms with Crippen molar-refractivity contribution in [3.05, 3.63) is 210 Å². The van der Waals surface area contributed by atoms with Crippen molar-refractivity contribution < 1.29 is 0 Å². The topological polar surface area (TPSA) is 30.7 Å². The molecule has 52 heavy (non-hydrogen) atoms. The third kappa shape index (κ3) is 4.02. The molecule has 0 saturated heterocycles. The Morgan fingerprint density at radius 2 is 0.885 bits per heavy atom. The van der Waals surface area contributed by atoms with Crippen molar-refractivity contribution in [1.29, 1.82) is 0 Å². The Hall–Kier alpha value is -6.84. The summed E-state index contributed by atoms with van der Waals surface area (Å²) >= 11 is 0. The monoisotopic (exact) mass is 661 g/mol.